The molecule has 0 aromatic carbocycles. The second-order valence-corrected chi connectivity index (χ2v) is 4.97. The van der Waals surface area contributed by atoms with E-state index in [2.05, 4.69) is 4.98 Å². The summed E-state index contributed by atoms with van der Waals surface area (Å²) in [5, 5.41) is 9.14. The van der Waals surface area contributed by atoms with E-state index < -0.39 is 0 Å². The Kier molecular flexibility index (Phi) is 6.00. The summed E-state index contributed by atoms with van der Waals surface area (Å²) in [7, 11) is 1.76. The predicted octanol–water partition coefficient (Wildman–Crippen LogP) is 1.40. The number of hydrogen-bond donors (Lipinski definition) is 1. The maximum absolute atomic E-state index is 11.7. The third-order valence-electron chi connectivity index (χ3n) is 2.32. The summed E-state index contributed by atoms with van der Waals surface area (Å²) < 4.78 is 0. The van der Waals surface area contributed by atoms with Gasteiger partial charge in [-0.15, -0.1) is 11.8 Å². The van der Waals surface area contributed by atoms with Gasteiger partial charge in [0.2, 0.25) is 5.91 Å². The van der Waals surface area contributed by atoms with Gasteiger partial charge in [0.1, 0.15) is 0 Å². The molecule has 0 aliphatic heterocycles. The standard InChI is InChI=1S/C12H18N2O2S/c1-10(15)5-8-14(2)12(16)9-17-11-3-6-13-7-4-11/h3-4,6-7,10,15H,5,8-9H2,1-2H3. The Morgan fingerprint density at radius 1 is 1.53 bits per heavy atom. The molecule has 0 saturated carbocycles. The second kappa shape index (κ2) is 7.29. The van der Waals surface area contributed by atoms with Crippen LogP contribution in [0.4, 0.5) is 0 Å². The third-order valence-corrected chi connectivity index (χ3v) is 3.32. The van der Waals surface area contributed by atoms with E-state index in [1.807, 2.05) is 12.1 Å². The van der Waals surface area contributed by atoms with Crippen molar-refractivity contribution < 1.29 is 9.90 Å². The molecule has 1 unspecified atom stereocenters. The molecular weight excluding hydrogens is 236 g/mol. The van der Waals surface area contributed by atoms with Gasteiger partial charge in [0, 0.05) is 30.9 Å². The van der Waals surface area contributed by atoms with Crippen molar-refractivity contribution in [1.29, 1.82) is 0 Å². The highest BCUT2D eigenvalue weighted by molar-refractivity contribution is 8.00. The molecule has 0 spiro atoms. The summed E-state index contributed by atoms with van der Waals surface area (Å²) in [4.78, 5) is 18.3. The smallest absolute Gasteiger partial charge is 0.232 e. The van der Waals surface area contributed by atoms with E-state index >= 15 is 0 Å². The number of nitrogens with zero attached hydrogens (tertiary/aromatic N) is 2. The molecule has 17 heavy (non-hydrogen) atoms. The molecule has 0 radical (unpaired) electrons. The fourth-order valence-electron chi connectivity index (χ4n) is 1.19. The first kappa shape index (κ1) is 14.0. The number of aliphatic hydroxyl groups excluding tert-OH is 1. The van der Waals surface area contributed by atoms with E-state index in [1.165, 1.54) is 11.8 Å². The molecule has 1 aromatic heterocycles. The van der Waals surface area contributed by atoms with Gasteiger partial charge in [0.25, 0.3) is 0 Å². The lowest BCUT2D eigenvalue weighted by Crippen LogP contribution is -2.30. The van der Waals surface area contributed by atoms with Crippen LogP contribution in [0.1, 0.15) is 13.3 Å². The number of carbonyl (C=O) groups is 1. The van der Waals surface area contributed by atoms with E-state index in [4.69, 9.17) is 5.11 Å². The van der Waals surface area contributed by atoms with Crippen LogP contribution in [-0.4, -0.2) is 46.3 Å². The maximum Gasteiger partial charge on any atom is 0.232 e. The number of hydrogen-bond acceptors (Lipinski definition) is 4. The molecule has 1 amide bonds. The second-order valence-electron chi connectivity index (χ2n) is 3.92. The number of aromatic nitrogens is 1. The van der Waals surface area contributed by atoms with Crippen molar-refractivity contribution in [1.82, 2.24) is 9.88 Å². The Morgan fingerprint density at radius 3 is 2.76 bits per heavy atom. The Bertz CT molecular complexity index is 344. The van der Waals surface area contributed by atoms with Crippen molar-refractivity contribution in [2.45, 2.75) is 24.3 Å². The van der Waals surface area contributed by atoms with Gasteiger partial charge < -0.3 is 10.0 Å². The van der Waals surface area contributed by atoms with Crippen LogP contribution in [0.3, 0.4) is 0 Å². The monoisotopic (exact) mass is 254 g/mol. The molecule has 1 heterocycles. The maximum atomic E-state index is 11.7. The minimum Gasteiger partial charge on any atom is -0.393 e. The molecule has 0 bridgehead atoms. The summed E-state index contributed by atoms with van der Waals surface area (Å²) >= 11 is 1.50. The van der Waals surface area contributed by atoms with Crippen molar-refractivity contribution in [3.8, 4) is 0 Å². The van der Waals surface area contributed by atoms with Crippen LogP contribution in [0.2, 0.25) is 0 Å². The van der Waals surface area contributed by atoms with Crippen LogP contribution >= 0.6 is 11.8 Å². The van der Waals surface area contributed by atoms with Crippen molar-refractivity contribution in [2.24, 2.45) is 0 Å². The predicted molar refractivity (Wildman–Crippen MR) is 68.9 cm³/mol. The minimum absolute atomic E-state index is 0.0764. The van der Waals surface area contributed by atoms with Crippen molar-refractivity contribution >= 4 is 17.7 Å². The van der Waals surface area contributed by atoms with Gasteiger partial charge in [-0.3, -0.25) is 9.78 Å². The summed E-state index contributed by atoms with van der Waals surface area (Å²) in [6.45, 7) is 2.32. The molecular formula is C12H18N2O2S. The number of thioether (sulfide) groups is 1. The normalized spacial score (nSPS) is 12.2. The van der Waals surface area contributed by atoms with Gasteiger partial charge in [0.15, 0.2) is 0 Å². The number of aliphatic hydroxyl groups is 1. The first-order valence-electron chi connectivity index (χ1n) is 5.54. The van der Waals surface area contributed by atoms with E-state index in [0.29, 0.717) is 18.7 Å². The number of rotatable bonds is 6. The molecule has 0 fully saturated rings. The van der Waals surface area contributed by atoms with Gasteiger partial charge in [-0.1, -0.05) is 0 Å². The summed E-state index contributed by atoms with van der Waals surface area (Å²) in [6, 6.07) is 3.77. The van der Waals surface area contributed by atoms with Gasteiger partial charge >= 0.3 is 0 Å². The summed E-state index contributed by atoms with van der Waals surface area (Å²) in [6.07, 6.45) is 3.67. The van der Waals surface area contributed by atoms with Gasteiger partial charge in [0.05, 0.1) is 11.9 Å². The van der Waals surface area contributed by atoms with Crippen LogP contribution in [0.5, 0.6) is 0 Å². The Hall–Kier alpha value is -1.07. The van der Waals surface area contributed by atoms with E-state index in [9.17, 15) is 4.79 Å². The van der Waals surface area contributed by atoms with Crippen LogP contribution in [0, 0.1) is 0 Å². The lowest BCUT2D eigenvalue weighted by atomic mass is 10.3. The quantitative estimate of drug-likeness (QED) is 0.780. The van der Waals surface area contributed by atoms with Crippen molar-refractivity contribution in [3.63, 3.8) is 0 Å². The molecule has 0 aliphatic rings. The van der Waals surface area contributed by atoms with Crippen LogP contribution in [-0.2, 0) is 4.79 Å². The zero-order valence-corrected chi connectivity index (χ0v) is 11.0. The van der Waals surface area contributed by atoms with Crippen molar-refractivity contribution in [3.05, 3.63) is 24.5 Å². The van der Waals surface area contributed by atoms with E-state index in [1.54, 1.807) is 31.3 Å². The van der Waals surface area contributed by atoms with E-state index in [-0.39, 0.29) is 12.0 Å². The van der Waals surface area contributed by atoms with Crippen LogP contribution in [0.15, 0.2) is 29.4 Å². The highest BCUT2D eigenvalue weighted by Gasteiger charge is 2.09. The Morgan fingerprint density at radius 2 is 2.18 bits per heavy atom. The zero-order valence-electron chi connectivity index (χ0n) is 10.2. The van der Waals surface area contributed by atoms with Crippen LogP contribution < -0.4 is 0 Å². The molecule has 1 atom stereocenters. The van der Waals surface area contributed by atoms with Gasteiger partial charge in [-0.25, -0.2) is 0 Å². The molecule has 4 nitrogen and oxygen atoms in total. The first-order chi connectivity index (χ1) is 8.09. The SMILES string of the molecule is CC(O)CCN(C)C(=O)CSc1ccncc1. The number of amides is 1. The lowest BCUT2D eigenvalue weighted by molar-refractivity contribution is -0.127. The number of carbonyl (C=O) groups excluding carboxylic acids is 1. The number of pyridine rings is 1. The third kappa shape index (κ3) is 5.70. The highest BCUT2D eigenvalue weighted by Crippen LogP contribution is 2.16. The largest absolute Gasteiger partial charge is 0.393 e. The average Bonchev–Trinajstić information content (AvgIpc) is 2.34. The van der Waals surface area contributed by atoms with E-state index in [0.717, 1.165) is 4.90 Å². The topological polar surface area (TPSA) is 53.4 Å². The van der Waals surface area contributed by atoms with Gasteiger partial charge in [-0.2, -0.15) is 0 Å². The fourth-order valence-corrected chi connectivity index (χ4v) is 2.02. The summed E-state index contributed by atoms with van der Waals surface area (Å²) in [5.74, 6) is 0.493. The molecule has 94 valence electrons. The lowest BCUT2D eigenvalue weighted by Gasteiger charge is -2.17. The minimum atomic E-state index is -0.363. The Balaban J connectivity index is 2.29. The zero-order chi connectivity index (χ0) is 12.7. The Labute approximate surface area is 106 Å². The molecule has 1 rings (SSSR count). The molecule has 0 aliphatic carbocycles. The fraction of sp³-hybridized carbons (Fsp3) is 0.500. The molecule has 1 N–H and O–H groups in total. The highest BCUT2D eigenvalue weighted by atomic mass is 32.2. The van der Waals surface area contributed by atoms with Crippen molar-refractivity contribution in [2.75, 3.05) is 19.3 Å². The average molecular weight is 254 g/mol. The summed E-state index contributed by atoms with van der Waals surface area (Å²) in [5.41, 5.74) is 0. The van der Waals surface area contributed by atoms with Gasteiger partial charge in [-0.05, 0) is 25.5 Å². The molecule has 0 saturated heterocycles. The van der Waals surface area contributed by atoms with Crippen LogP contribution in [0.25, 0.3) is 0 Å². The first-order valence-corrected chi connectivity index (χ1v) is 6.53. The molecule has 5 heteroatoms. The molecule has 1 aromatic rings.